The maximum absolute atomic E-state index is 13.3. The highest BCUT2D eigenvalue weighted by Crippen LogP contribution is 2.43. The van der Waals surface area contributed by atoms with Gasteiger partial charge in [-0.05, 0) is 71.7 Å². The van der Waals surface area contributed by atoms with Crippen LogP contribution in [0.2, 0.25) is 0 Å². The first kappa shape index (κ1) is 29.6. The van der Waals surface area contributed by atoms with Gasteiger partial charge in [-0.15, -0.1) is 25.8 Å². The van der Waals surface area contributed by atoms with Gasteiger partial charge in [0, 0.05) is 10.3 Å². The summed E-state index contributed by atoms with van der Waals surface area (Å²) in [5, 5.41) is 0. The Balaban J connectivity index is 1.85. The first-order valence-corrected chi connectivity index (χ1v) is 13.2. The van der Waals surface area contributed by atoms with Gasteiger partial charge < -0.3 is 4.74 Å². The van der Waals surface area contributed by atoms with E-state index >= 15 is 0 Å². The fourth-order valence-electron chi connectivity index (χ4n) is 5.20. The van der Waals surface area contributed by atoms with Crippen molar-refractivity contribution in [1.29, 1.82) is 0 Å². The standard InChI is InChI=1S/C32H28F6OS/c33-31(34,35)22-24-11-6-14-26(19-24)30(21-23-9-2-1-3-10-23,18-8-13-25-12-4-5-17-29(25)40)27-15-7-16-28(20-27)39-32(36,37)38/h1-7,9-12,14-17,19-20,40H,8,13,18,21-22H2. The molecule has 4 rings (SSSR count). The van der Waals surface area contributed by atoms with Gasteiger partial charge in [0.15, 0.2) is 0 Å². The molecule has 0 bridgehead atoms. The minimum Gasteiger partial charge on any atom is -0.406 e. The second kappa shape index (κ2) is 12.4. The van der Waals surface area contributed by atoms with Crippen molar-refractivity contribution in [3.05, 3.63) is 131 Å². The lowest BCUT2D eigenvalue weighted by atomic mass is 9.67. The number of hydrogen-bond acceptors (Lipinski definition) is 2. The summed E-state index contributed by atoms with van der Waals surface area (Å²) in [6.07, 6.45) is -8.33. The molecule has 0 radical (unpaired) electrons. The molecular weight excluding hydrogens is 546 g/mol. The number of rotatable bonds is 10. The fourth-order valence-corrected chi connectivity index (χ4v) is 5.47. The van der Waals surface area contributed by atoms with Crippen LogP contribution in [0.3, 0.4) is 0 Å². The lowest BCUT2D eigenvalue weighted by molar-refractivity contribution is -0.274. The molecule has 1 atom stereocenters. The molecule has 210 valence electrons. The van der Waals surface area contributed by atoms with Gasteiger partial charge in [0.2, 0.25) is 0 Å². The number of ether oxygens (including phenoxy) is 1. The van der Waals surface area contributed by atoms with Gasteiger partial charge in [0.25, 0.3) is 0 Å². The van der Waals surface area contributed by atoms with E-state index in [-0.39, 0.29) is 11.3 Å². The zero-order valence-corrected chi connectivity index (χ0v) is 22.4. The molecule has 0 N–H and O–H groups in total. The van der Waals surface area contributed by atoms with Crippen LogP contribution >= 0.6 is 12.6 Å². The summed E-state index contributed by atoms with van der Waals surface area (Å²) < 4.78 is 83.7. The molecular formula is C32H28F6OS. The third-order valence-corrected chi connectivity index (χ3v) is 7.33. The molecule has 0 amide bonds. The van der Waals surface area contributed by atoms with Crippen molar-refractivity contribution in [2.24, 2.45) is 0 Å². The van der Waals surface area contributed by atoms with Crippen molar-refractivity contribution in [2.75, 3.05) is 0 Å². The molecule has 40 heavy (non-hydrogen) atoms. The normalized spacial score (nSPS) is 13.6. The van der Waals surface area contributed by atoms with Crippen LogP contribution in [-0.2, 0) is 24.7 Å². The summed E-state index contributed by atoms with van der Waals surface area (Å²) in [6, 6.07) is 29.1. The van der Waals surface area contributed by atoms with E-state index in [1.807, 2.05) is 54.6 Å². The summed E-state index contributed by atoms with van der Waals surface area (Å²) in [4.78, 5) is 0.823. The number of hydrogen-bond donors (Lipinski definition) is 1. The van der Waals surface area contributed by atoms with E-state index in [0.29, 0.717) is 36.8 Å². The highest BCUT2D eigenvalue weighted by Gasteiger charge is 2.37. The maximum atomic E-state index is 13.3. The third-order valence-electron chi connectivity index (χ3n) is 6.89. The Morgan fingerprint density at radius 1 is 0.625 bits per heavy atom. The largest absolute Gasteiger partial charge is 0.573 e. The molecule has 1 nitrogen and oxygen atoms in total. The van der Waals surface area contributed by atoms with E-state index in [4.69, 9.17) is 0 Å². The highest BCUT2D eigenvalue weighted by molar-refractivity contribution is 7.80. The van der Waals surface area contributed by atoms with E-state index in [2.05, 4.69) is 17.4 Å². The SMILES string of the molecule is FC(F)(F)Cc1cccc(C(CCCc2ccccc2S)(Cc2ccccc2)c2cccc(OC(F)(F)F)c2)c1. The monoisotopic (exact) mass is 574 g/mol. The second-order valence-corrected chi connectivity index (χ2v) is 10.3. The Morgan fingerprint density at radius 3 is 1.93 bits per heavy atom. The van der Waals surface area contributed by atoms with Crippen LogP contribution in [0.15, 0.2) is 108 Å². The van der Waals surface area contributed by atoms with Crippen LogP contribution < -0.4 is 4.74 Å². The molecule has 4 aromatic carbocycles. The molecule has 0 spiro atoms. The zero-order chi connectivity index (χ0) is 28.8. The molecule has 0 saturated carbocycles. The molecule has 0 aromatic heterocycles. The lowest BCUT2D eigenvalue weighted by Crippen LogP contribution is -2.31. The van der Waals surface area contributed by atoms with Crippen LogP contribution in [0.4, 0.5) is 26.3 Å². The molecule has 1 unspecified atom stereocenters. The van der Waals surface area contributed by atoms with Gasteiger partial charge in [-0.3, -0.25) is 0 Å². The van der Waals surface area contributed by atoms with Gasteiger partial charge in [-0.2, -0.15) is 13.2 Å². The Hall–Kier alpha value is -3.39. The minimum absolute atomic E-state index is 0.0887. The second-order valence-electron chi connectivity index (χ2n) is 9.79. The predicted molar refractivity (Wildman–Crippen MR) is 147 cm³/mol. The zero-order valence-electron chi connectivity index (χ0n) is 21.5. The predicted octanol–water partition coefficient (Wildman–Crippen LogP) is 9.53. The number of aryl methyl sites for hydroxylation is 1. The Labute approximate surface area is 235 Å². The molecule has 0 aliphatic heterocycles. The summed E-state index contributed by atoms with van der Waals surface area (Å²) in [6.45, 7) is 0. The minimum atomic E-state index is -4.89. The van der Waals surface area contributed by atoms with E-state index in [1.54, 1.807) is 18.2 Å². The first-order chi connectivity index (χ1) is 18.9. The quantitative estimate of drug-likeness (QED) is 0.147. The Morgan fingerprint density at radius 2 is 1.25 bits per heavy atom. The summed E-state index contributed by atoms with van der Waals surface area (Å²) in [7, 11) is 0. The van der Waals surface area contributed by atoms with Crippen molar-refractivity contribution < 1.29 is 31.1 Å². The van der Waals surface area contributed by atoms with E-state index in [1.165, 1.54) is 30.3 Å². The highest BCUT2D eigenvalue weighted by atomic mass is 32.1. The summed E-state index contributed by atoms with van der Waals surface area (Å²) in [5.74, 6) is -0.380. The fraction of sp³-hybridized carbons (Fsp3) is 0.250. The van der Waals surface area contributed by atoms with Crippen LogP contribution in [0.5, 0.6) is 5.75 Å². The van der Waals surface area contributed by atoms with Crippen molar-refractivity contribution in [3.63, 3.8) is 0 Å². The molecule has 4 aromatic rings. The van der Waals surface area contributed by atoms with Gasteiger partial charge in [-0.1, -0.05) is 84.9 Å². The number of thiol groups is 1. The number of alkyl halides is 6. The third kappa shape index (κ3) is 8.07. The topological polar surface area (TPSA) is 9.23 Å². The summed E-state index contributed by atoms with van der Waals surface area (Å²) >= 11 is 4.54. The van der Waals surface area contributed by atoms with E-state index < -0.39 is 24.4 Å². The molecule has 0 aliphatic carbocycles. The van der Waals surface area contributed by atoms with E-state index in [0.717, 1.165) is 16.0 Å². The number of halogens is 6. The van der Waals surface area contributed by atoms with Gasteiger partial charge in [0.05, 0.1) is 6.42 Å². The maximum Gasteiger partial charge on any atom is 0.573 e. The van der Waals surface area contributed by atoms with Crippen LogP contribution in [0.25, 0.3) is 0 Å². The molecule has 0 fully saturated rings. The van der Waals surface area contributed by atoms with Crippen LogP contribution in [0.1, 0.15) is 40.7 Å². The lowest BCUT2D eigenvalue weighted by Gasteiger charge is -2.36. The average Bonchev–Trinajstić information content (AvgIpc) is 2.88. The van der Waals surface area contributed by atoms with Crippen LogP contribution in [-0.4, -0.2) is 12.5 Å². The first-order valence-electron chi connectivity index (χ1n) is 12.8. The molecule has 8 heteroatoms. The summed E-state index contributed by atoms with van der Waals surface area (Å²) in [5.41, 5.74) is 2.19. The van der Waals surface area contributed by atoms with Crippen molar-refractivity contribution in [1.82, 2.24) is 0 Å². The smallest absolute Gasteiger partial charge is 0.406 e. The molecule has 0 aliphatic rings. The van der Waals surface area contributed by atoms with Gasteiger partial charge in [-0.25, -0.2) is 0 Å². The Kier molecular flexibility index (Phi) is 9.19. The Bertz CT molecular complexity index is 1340. The molecule has 0 heterocycles. The average molecular weight is 575 g/mol. The van der Waals surface area contributed by atoms with Crippen molar-refractivity contribution in [2.45, 2.75) is 55.0 Å². The van der Waals surface area contributed by atoms with Gasteiger partial charge in [0.1, 0.15) is 5.75 Å². The molecule has 0 saturated heterocycles. The van der Waals surface area contributed by atoms with Crippen molar-refractivity contribution >= 4 is 12.6 Å². The van der Waals surface area contributed by atoms with Crippen molar-refractivity contribution in [3.8, 4) is 5.75 Å². The van der Waals surface area contributed by atoms with Gasteiger partial charge >= 0.3 is 12.5 Å². The number of benzene rings is 4. The van der Waals surface area contributed by atoms with E-state index in [9.17, 15) is 26.3 Å². The van der Waals surface area contributed by atoms with Crippen LogP contribution in [0, 0.1) is 0 Å².